The molecule has 4 unspecified atom stereocenters. The third-order valence-electron chi connectivity index (χ3n) is 4.02. The average Bonchev–Trinajstić information content (AvgIpc) is 2.35. The zero-order chi connectivity index (χ0) is 12.8. The summed E-state index contributed by atoms with van der Waals surface area (Å²) in [7, 11) is 0. The molecule has 96 valence electrons. The van der Waals surface area contributed by atoms with Crippen LogP contribution in [0.2, 0.25) is 0 Å². The lowest BCUT2D eigenvalue weighted by atomic mass is 9.81. The molecule has 4 atom stereocenters. The summed E-state index contributed by atoms with van der Waals surface area (Å²) < 4.78 is 0.696. The van der Waals surface area contributed by atoms with Gasteiger partial charge in [0, 0.05) is 3.92 Å². The molecule has 0 aliphatic carbocycles. The molecular weight excluding hydrogens is 319 g/mol. The van der Waals surface area contributed by atoms with E-state index in [4.69, 9.17) is 0 Å². The maximum Gasteiger partial charge on any atom is 0.0150 e. The van der Waals surface area contributed by atoms with E-state index in [1.54, 1.807) is 0 Å². The van der Waals surface area contributed by atoms with E-state index in [0.29, 0.717) is 9.84 Å². The lowest BCUT2D eigenvalue weighted by Gasteiger charge is -2.27. The predicted octanol–water partition coefficient (Wildman–Crippen LogP) is 5.67. The molecule has 0 N–H and O–H groups in total. The minimum Gasteiger partial charge on any atom is -0.0823 e. The first-order chi connectivity index (χ1) is 8.06. The van der Waals surface area contributed by atoms with Gasteiger partial charge in [-0.15, -0.1) is 0 Å². The monoisotopic (exact) mass is 344 g/mol. The van der Waals surface area contributed by atoms with E-state index in [-0.39, 0.29) is 0 Å². The third-order valence-corrected chi connectivity index (χ3v) is 4.89. The molecule has 1 heteroatoms. The van der Waals surface area contributed by atoms with E-state index < -0.39 is 0 Å². The summed E-state index contributed by atoms with van der Waals surface area (Å²) >= 11 is 2.58. The molecule has 0 heterocycles. The second kappa shape index (κ2) is 7.40. The van der Waals surface area contributed by atoms with Gasteiger partial charge in [0.15, 0.2) is 0 Å². The molecule has 0 aromatic heterocycles. The van der Waals surface area contributed by atoms with Crippen molar-refractivity contribution < 1.29 is 0 Å². The fourth-order valence-corrected chi connectivity index (χ4v) is 3.03. The number of halogens is 1. The Kier molecular flexibility index (Phi) is 6.53. The van der Waals surface area contributed by atoms with Gasteiger partial charge in [-0.05, 0) is 29.7 Å². The average molecular weight is 344 g/mol. The van der Waals surface area contributed by atoms with Crippen molar-refractivity contribution in [2.45, 2.75) is 50.4 Å². The highest BCUT2D eigenvalue weighted by Gasteiger charge is 2.21. The first-order valence-corrected chi connectivity index (χ1v) is 7.99. The van der Waals surface area contributed by atoms with Crippen molar-refractivity contribution in [1.82, 2.24) is 0 Å². The lowest BCUT2D eigenvalue weighted by Crippen LogP contribution is -2.16. The molecule has 1 rings (SSSR count). The van der Waals surface area contributed by atoms with Crippen LogP contribution >= 0.6 is 22.6 Å². The van der Waals surface area contributed by atoms with Crippen LogP contribution in [0.1, 0.15) is 52.0 Å². The van der Waals surface area contributed by atoms with Crippen LogP contribution in [-0.2, 0) is 0 Å². The van der Waals surface area contributed by atoms with E-state index in [2.05, 4.69) is 80.6 Å². The Morgan fingerprint density at radius 3 is 2.06 bits per heavy atom. The van der Waals surface area contributed by atoms with E-state index in [1.165, 1.54) is 18.4 Å². The van der Waals surface area contributed by atoms with Gasteiger partial charge in [-0.1, -0.05) is 87.0 Å². The highest BCUT2D eigenvalue weighted by molar-refractivity contribution is 14.1. The topological polar surface area (TPSA) is 0 Å². The Bertz CT molecular complexity index is 305. The number of benzene rings is 1. The van der Waals surface area contributed by atoms with E-state index in [0.717, 1.165) is 11.8 Å². The van der Waals surface area contributed by atoms with Gasteiger partial charge in [-0.2, -0.15) is 0 Å². The molecule has 17 heavy (non-hydrogen) atoms. The van der Waals surface area contributed by atoms with Crippen molar-refractivity contribution in [2.75, 3.05) is 0 Å². The molecule has 0 aliphatic rings. The summed E-state index contributed by atoms with van der Waals surface area (Å²) in [5.74, 6) is 2.33. The zero-order valence-electron chi connectivity index (χ0n) is 11.5. The molecule has 0 spiro atoms. The van der Waals surface area contributed by atoms with Crippen LogP contribution in [0.25, 0.3) is 0 Å². The SMILES string of the molecule is CCC(C)C(C)CC(c1ccccc1)C(C)I. The van der Waals surface area contributed by atoms with Crippen molar-refractivity contribution in [3.05, 3.63) is 35.9 Å². The van der Waals surface area contributed by atoms with Crippen molar-refractivity contribution in [3.63, 3.8) is 0 Å². The Morgan fingerprint density at radius 1 is 1.00 bits per heavy atom. The van der Waals surface area contributed by atoms with Gasteiger partial charge >= 0.3 is 0 Å². The number of hydrogen-bond acceptors (Lipinski definition) is 0. The zero-order valence-corrected chi connectivity index (χ0v) is 13.6. The summed E-state index contributed by atoms with van der Waals surface area (Å²) in [4.78, 5) is 0. The molecule has 0 bridgehead atoms. The molecule has 0 radical (unpaired) electrons. The maximum absolute atomic E-state index is 2.58. The van der Waals surface area contributed by atoms with Gasteiger partial charge in [-0.3, -0.25) is 0 Å². The van der Waals surface area contributed by atoms with Gasteiger partial charge in [0.1, 0.15) is 0 Å². The van der Waals surface area contributed by atoms with E-state index in [9.17, 15) is 0 Å². The number of alkyl halides is 1. The fourth-order valence-electron chi connectivity index (χ4n) is 2.32. The Balaban J connectivity index is 2.74. The predicted molar refractivity (Wildman–Crippen MR) is 85.9 cm³/mol. The second-order valence-corrected chi connectivity index (χ2v) is 7.26. The number of rotatable bonds is 6. The van der Waals surface area contributed by atoms with Crippen molar-refractivity contribution in [2.24, 2.45) is 11.8 Å². The molecular formula is C16H25I. The molecule has 0 fully saturated rings. The summed E-state index contributed by atoms with van der Waals surface area (Å²) in [6, 6.07) is 11.0. The minimum absolute atomic E-state index is 0.695. The Morgan fingerprint density at radius 2 is 1.59 bits per heavy atom. The van der Waals surface area contributed by atoms with Crippen LogP contribution in [-0.4, -0.2) is 3.92 Å². The fraction of sp³-hybridized carbons (Fsp3) is 0.625. The minimum atomic E-state index is 0.695. The van der Waals surface area contributed by atoms with Gasteiger partial charge in [0.2, 0.25) is 0 Å². The summed E-state index contributed by atoms with van der Waals surface area (Å²) in [5, 5.41) is 0. The van der Waals surface area contributed by atoms with Crippen molar-refractivity contribution in [3.8, 4) is 0 Å². The van der Waals surface area contributed by atoms with Crippen molar-refractivity contribution in [1.29, 1.82) is 0 Å². The normalized spacial score (nSPS) is 18.4. The van der Waals surface area contributed by atoms with Crippen LogP contribution in [0, 0.1) is 11.8 Å². The van der Waals surface area contributed by atoms with E-state index in [1.807, 2.05) is 0 Å². The van der Waals surface area contributed by atoms with Crippen LogP contribution in [0.15, 0.2) is 30.3 Å². The molecule has 1 aromatic rings. The molecule has 0 amide bonds. The van der Waals surface area contributed by atoms with Crippen LogP contribution in [0.5, 0.6) is 0 Å². The molecule has 0 saturated heterocycles. The van der Waals surface area contributed by atoms with Crippen LogP contribution in [0.3, 0.4) is 0 Å². The van der Waals surface area contributed by atoms with Gasteiger partial charge in [0.05, 0.1) is 0 Å². The van der Waals surface area contributed by atoms with Gasteiger partial charge in [0.25, 0.3) is 0 Å². The van der Waals surface area contributed by atoms with Crippen LogP contribution in [0.4, 0.5) is 0 Å². The second-order valence-electron chi connectivity index (χ2n) is 5.29. The molecule has 0 aliphatic heterocycles. The van der Waals surface area contributed by atoms with Gasteiger partial charge in [-0.25, -0.2) is 0 Å². The van der Waals surface area contributed by atoms with Gasteiger partial charge < -0.3 is 0 Å². The summed E-state index contributed by atoms with van der Waals surface area (Å²) in [6.45, 7) is 9.42. The first-order valence-electron chi connectivity index (χ1n) is 6.75. The molecule has 1 aromatic carbocycles. The highest BCUT2D eigenvalue weighted by atomic mass is 127. The third kappa shape index (κ3) is 4.61. The molecule has 0 saturated carbocycles. The number of hydrogen-bond donors (Lipinski definition) is 0. The summed E-state index contributed by atoms with van der Waals surface area (Å²) in [5.41, 5.74) is 1.50. The van der Waals surface area contributed by atoms with E-state index >= 15 is 0 Å². The van der Waals surface area contributed by atoms with Crippen LogP contribution < -0.4 is 0 Å². The Hall–Kier alpha value is -0.0500. The standard InChI is InChI=1S/C16H25I/c1-5-12(2)13(3)11-16(14(4)17)15-9-7-6-8-10-15/h6-10,12-14,16H,5,11H2,1-4H3. The highest BCUT2D eigenvalue weighted by Crippen LogP contribution is 2.34. The summed E-state index contributed by atoms with van der Waals surface area (Å²) in [6.07, 6.45) is 2.60. The largest absolute Gasteiger partial charge is 0.0823 e. The quantitative estimate of drug-likeness (QED) is 0.461. The first kappa shape index (κ1) is 15.0. The smallest absolute Gasteiger partial charge is 0.0150 e. The Labute approximate surface area is 120 Å². The van der Waals surface area contributed by atoms with Crippen molar-refractivity contribution >= 4 is 22.6 Å². The maximum atomic E-state index is 2.58. The molecule has 0 nitrogen and oxygen atoms in total. The lowest BCUT2D eigenvalue weighted by molar-refractivity contribution is 0.331.